The van der Waals surface area contributed by atoms with Gasteiger partial charge in [-0.2, -0.15) is 0 Å². The third kappa shape index (κ3) is 4.44. The van der Waals surface area contributed by atoms with Crippen LogP contribution in [0.25, 0.3) is 11.1 Å². The number of nitrogen functional groups attached to an aromatic ring is 1. The minimum atomic E-state index is -0.290. The molecule has 4 N–H and O–H groups in total. The Morgan fingerprint density at radius 2 is 1.70 bits per heavy atom. The van der Waals surface area contributed by atoms with Gasteiger partial charge in [0.15, 0.2) is 0 Å². The van der Waals surface area contributed by atoms with Crippen molar-refractivity contribution >= 4 is 28.8 Å². The predicted molar refractivity (Wildman–Crippen MR) is 118 cm³/mol. The molecule has 1 aromatic heterocycles. The minimum Gasteiger partial charge on any atom is -0.397 e. The molecule has 5 nitrogen and oxygen atoms in total. The summed E-state index contributed by atoms with van der Waals surface area (Å²) < 4.78 is 13.4. The van der Waals surface area contributed by atoms with Gasteiger partial charge in [-0.3, -0.25) is 4.79 Å². The molecule has 1 heterocycles. The summed E-state index contributed by atoms with van der Waals surface area (Å²) in [7, 11) is 0. The lowest BCUT2D eigenvalue weighted by Crippen LogP contribution is -2.13. The van der Waals surface area contributed by atoms with Crippen LogP contribution in [0.15, 0.2) is 91.1 Å². The Bertz CT molecular complexity index is 1190. The summed E-state index contributed by atoms with van der Waals surface area (Å²) in [6, 6.07) is 24.2. The second kappa shape index (κ2) is 8.45. The van der Waals surface area contributed by atoms with Crippen molar-refractivity contribution in [2.75, 3.05) is 16.4 Å². The van der Waals surface area contributed by atoms with E-state index in [2.05, 4.69) is 15.6 Å². The smallest absolute Gasteiger partial charge is 0.255 e. The number of rotatable bonds is 5. The van der Waals surface area contributed by atoms with Crippen LogP contribution in [-0.2, 0) is 0 Å². The highest BCUT2D eigenvalue weighted by Gasteiger charge is 2.09. The fourth-order valence-electron chi connectivity index (χ4n) is 3.00. The predicted octanol–water partition coefficient (Wildman–Crippen LogP) is 5.47. The van der Waals surface area contributed by atoms with Crippen molar-refractivity contribution in [3.8, 4) is 11.1 Å². The van der Waals surface area contributed by atoms with Crippen LogP contribution in [0, 0.1) is 5.82 Å². The average molecular weight is 398 g/mol. The van der Waals surface area contributed by atoms with Crippen molar-refractivity contribution in [2.45, 2.75) is 0 Å². The maximum Gasteiger partial charge on any atom is 0.255 e. The maximum absolute atomic E-state index is 13.4. The largest absolute Gasteiger partial charge is 0.397 e. The van der Waals surface area contributed by atoms with E-state index < -0.39 is 0 Å². The van der Waals surface area contributed by atoms with Gasteiger partial charge in [-0.25, -0.2) is 9.37 Å². The number of amides is 1. The number of nitrogens with zero attached hydrogens (tertiary/aromatic N) is 1. The quantitative estimate of drug-likeness (QED) is 0.390. The van der Waals surface area contributed by atoms with E-state index in [1.165, 1.54) is 12.1 Å². The zero-order chi connectivity index (χ0) is 20.9. The van der Waals surface area contributed by atoms with Crippen LogP contribution in [0.2, 0.25) is 0 Å². The van der Waals surface area contributed by atoms with Gasteiger partial charge < -0.3 is 16.4 Å². The highest BCUT2D eigenvalue weighted by Crippen LogP contribution is 2.23. The number of nitrogens with two attached hydrogens (primary N) is 1. The van der Waals surface area contributed by atoms with E-state index in [9.17, 15) is 9.18 Å². The van der Waals surface area contributed by atoms with E-state index in [4.69, 9.17) is 5.73 Å². The molecule has 0 atom stereocenters. The number of halogens is 1. The molecule has 0 bridgehead atoms. The van der Waals surface area contributed by atoms with Crippen LogP contribution in [0.1, 0.15) is 10.4 Å². The van der Waals surface area contributed by atoms with Gasteiger partial charge >= 0.3 is 0 Å². The van der Waals surface area contributed by atoms with Crippen LogP contribution in [-0.4, -0.2) is 10.9 Å². The third-order valence-electron chi connectivity index (χ3n) is 4.53. The molecular formula is C24H19FN4O. The topological polar surface area (TPSA) is 80.0 Å². The molecule has 0 aliphatic rings. The number of pyridine rings is 1. The number of hydrogen-bond acceptors (Lipinski definition) is 4. The molecule has 3 aromatic carbocycles. The summed E-state index contributed by atoms with van der Waals surface area (Å²) in [5.74, 6) is 0.0630. The maximum atomic E-state index is 13.4. The molecule has 0 aliphatic heterocycles. The molecule has 30 heavy (non-hydrogen) atoms. The van der Waals surface area contributed by atoms with Gasteiger partial charge in [0, 0.05) is 23.0 Å². The van der Waals surface area contributed by atoms with Gasteiger partial charge in [-0.15, -0.1) is 0 Å². The summed E-state index contributed by atoms with van der Waals surface area (Å²) in [4.78, 5) is 16.9. The van der Waals surface area contributed by atoms with E-state index in [1.807, 2.05) is 30.3 Å². The number of para-hydroxylation sites is 2. The lowest BCUT2D eigenvalue weighted by atomic mass is 10.1. The van der Waals surface area contributed by atoms with Crippen LogP contribution >= 0.6 is 0 Å². The molecule has 0 saturated heterocycles. The van der Waals surface area contributed by atoms with Crippen molar-refractivity contribution < 1.29 is 9.18 Å². The third-order valence-corrected chi connectivity index (χ3v) is 4.53. The molecule has 0 saturated carbocycles. The number of carbonyl (C=O) groups is 1. The Kier molecular flexibility index (Phi) is 5.39. The number of benzene rings is 3. The van der Waals surface area contributed by atoms with Crippen LogP contribution in [0.5, 0.6) is 0 Å². The Morgan fingerprint density at radius 1 is 0.867 bits per heavy atom. The van der Waals surface area contributed by atoms with Gasteiger partial charge in [0.1, 0.15) is 11.6 Å². The van der Waals surface area contributed by atoms with Gasteiger partial charge in [0.2, 0.25) is 0 Å². The Hall–Kier alpha value is -4.19. The van der Waals surface area contributed by atoms with Crippen molar-refractivity contribution in [2.24, 2.45) is 0 Å². The van der Waals surface area contributed by atoms with Crippen LogP contribution in [0.4, 0.5) is 27.3 Å². The monoisotopic (exact) mass is 398 g/mol. The molecular weight excluding hydrogens is 379 g/mol. The molecule has 148 valence electrons. The second-order valence-corrected chi connectivity index (χ2v) is 6.69. The van der Waals surface area contributed by atoms with Gasteiger partial charge in [0.25, 0.3) is 5.91 Å². The molecule has 1 amide bonds. The summed E-state index contributed by atoms with van der Waals surface area (Å²) in [5.41, 5.74) is 9.73. The van der Waals surface area contributed by atoms with Crippen molar-refractivity contribution in [1.82, 2.24) is 4.98 Å². The average Bonchev–Trinajstić information content (AvgIpc) is 2.76. The van der Waals surface area contributed by atoms with E-state index in [0.717, 1.165) is 16.8 Å². The Balaban J connectivity index is 1.48. The molecule has 0 aliphatic carbocycles. The lowest BCUT2D eigenvalue weighted by molar-refractivity contribution is 0.102. The zero-order valence-corrected chi connectivity index (χ0v) is 16.0. The van der Waals surface area contributed by atoms with Crippen molar-refractivity contribution in [3.63, 3.8) is 0 Å². The number of aromatic nitrogens is 1. The number of hydrogen-bond donors (Lipinski definition) is 3. The van der Waals surface area contributed by atoms with Gasteiger partial charge in [-0.1, -0.05) is 30.3 Å². The highest BCUT2D eigenvalue weighted by molar-refractivity contribution is 6.06. The van der Waals surface area contributed by atoms with Crippen molar-refractivity contribution in [3.05, 3.63) is 103 Å². The van der Waals surface area contributed by atoms with Crippen molar-refractivity contribution in [1.29, 1.82) is 0 Å². The first-order valence-corrected chi connectivity index (χ1v) is 9.33. The SMILES string of the molecule is Nc1ccccc1NC(=O)c1cccc(Nc2ccc(-c3cccc(F)c3)cn2)c1. The molecule has 0 unspecified atom stereocenters. The fourth-order valence-corrected chi connectivity index (χ4v) is 3.00. The van der Waals surface area contributed by atoms with Crippen LogP contribution in [0.3, 0.4) is 0 Å². The van der Waals surface area contributed by atoms with Crippen LogP contribution < -0.4 is 16.4 Å². The summed E-state index contributed by atoms with van der Waals surface area (Å²) in [5, 5.41) is 5.98. The highest BCUT2D eigenvalue weighted by atomic mass is 19.1. The van der Waals surface area contributed by atoms with E-state index in [0.29, 0.717) is 22.8 Å². The number of anilines is 4. The number of nitrogens with one attached hydrogen (secondary N) is 2. The first kappa shape index (κ1) is 19.1. The number of carbonyl (C=O) groups excluding carboxylic acids is 1. The second-order valence-electron chi connectivity index (χ2n) is 6.69. The molecule has 0 spiro atoms. The van der Waals surface area contributed by atoms with E-state index >= 15 is 0 Å². The van der Waals surface area contributed by atoms with Gasteiger partial charge in [0.05, 0.1) is 11.4 Å². The fraction of sp³-hybridized carbons (Fsp3) is 0. The summed E-state index contributed by atoms with van der Waals surface area (Å²) in [6.07, 6.45) is 1.67. The Labute approximate surface area is 173 Å². The minimum absolute atomic E-state index is 0.258. The first-order valence-electron chi connectivity index (χ1n) is 9.33. The summed E-state index contributed by atoms with van der Waals surface area (Å²) in [6.45, 7) is 0. The van der Waals surface area contributed by atoms with Gasteiger partial charge in [-0.05, 0) is 60.2 Å². The first-order chi connectivity index (χ1) is 14.6. The zero-order valence-electron chi connectivity index (χ0n) is 16.0. The molecule has 6 heteroatoms. The normalized spacial score (nSPS) is 10.4. The molecule has 0 radical (unpaired) electrons. The van der Waals surface area contributed by atoms with E-state index in [-0.39, 0.29) is 11.7 Å². The lowest BCUT2D eigenvalue weighted by Gasteiger charge is -2.10. The molecule has 4 rings (SSSR count). The summed E-state index contributed by atoms with van der Waals surface area (Å²) >= 11 is 0. The van der Waals surface area contributed by atoms with E-state index in [1.54, 1.807) is 48.7 Å². The molecule has 0 fully saturated rings. The Morgan fingerprint density at radius 3 is 2.47 bits per heavy atom. The standard InChI is InChI=1S/C24H19FN4O/c25-19-7-3-5-16(13-19)18-11-12-23(27-15-18)28-20-8-4-6-17(14-20)24(30)29-22-10-2-1-9-21(22)26/h1-15H,26H2,(H,27,28)(H,29,30). The molecule has 4 aromatic rings.